The van der Waals surface area contributed by atoms with Gasteiger partial charge in [0, 0.05) is 30.9 Å². The number of carbonyl (C=O) groups is 1. The minimum absolute atomic E-state index is 0.317. The molecule has 1 aromatic heterocycles. The molecule has 120 valence electrons. The van der Waals surface area contributed by atoms with Crippen LogP contribution in [0, 0.1) is 11.3 Å². The molecule has 0 fully saturated rings. The van der Waals surface area contributed by atoms with Crippen molar-refractivity contribution >= 4 is 22.7 Å². The smallest absolute Gasteiger partial charge is 0.408 e. The summed E-state index contributed by atoms with van der Waals surface area (Å²) in [6.45, 7) is 0.317. The molecule has 3 aromatic rings. The number of benzene rings is 2. The fraction of sp³-hybridized carbons (Fsp3) is 0.111. The van der Waals surface area contributed by atoms with Crippen LogP contribution in [-0.4, -0.2) is 10.7 Å². The summed E-state index contributed by atoms with van der Waals surface area (Å²) in [6.07, 6.45) is 1.19. The fourth-order valence-corrected chi connectivity index (χ4v) is 2.46. The van der Waals surface area contributed by atoms with Gasteiger partial charge in [-0.1, -0.05) is 12.1 Å². The van der Waals surface area contributed by atoms with Crippen molar-refractivity contribution < 1.29 is 9.53 Å². The number of fused-ring (bicyclic) bond motifs is 1. The molecule has 3 rings (SSSR count). The van der Waals surface area contributed by atoms with E-state index >= 15 is 0 Å². The summed E-state index contributed by atoms with van der Waals surface area (Å²) in [5, 5.41) is 12.2. The van der Waals surface area contributed by atoms with Crippen molar-refractivity contribution in [3.05, 3.63) is 59.8 Å². The van der Waals surface area contributed by atoms with Crippen molar-refractivity contribution in [2.75, 3.05) is 5.73 Å². The quantitative estimate of drug-likeness (QED) is 0.726. The molecule has 6 heteroatoms. The zero-order valence-electron chi connectivity index (χ0n) is 13.1. The van der Waals surface area contributed by atoms with Crippen LogP contribution in [0.5, 0.6) is 5.75 Å². The lowest BCUT2D eigenvalue weighted by atomic mass is 10.1. The van der Waals surface area contributed by atoms with E-state index in [1.807, 2.05) is 17.7 Å². The molecular formula is C18H16N4O2. The number of nitrogens with two attached hydrogens (primary N) is 1. The van der Waals surface area contributed by atoms with E-state index in [2.05, 4.69) is 11.4 Å². The summed E-state index contributed by atoms with van der Waals surface area (Å²) in [6, 6.07) is 14.5. The summed E-state index contributed by atoms with van der Waals surface area (Å²) < 4.78 is 7.26. The molecule has 0 bridgehead atoms. The van der Waals surface area contributed by atoms with Crippen LogP contribution in [0.15, 0.2) is 48.7 Å². The van der Waals surface area contributed by atoms with Gasteiger partial charge in [-0.15, -0.1) is 0 Å². The van der Waals surface area contributed by atoms with Gasteiger partial charge in [-0.25, -0.2) is 4.79 Å². The number of ether oxygens (including phenoxy) is 1. The van der Waals surface area contributed by atoms with Crippen LogP contribution in [0.3, 0.4) is 0 Å². The number of hydrogen-bond donors (Lipinski definition) is 2. The molecule has 2 aromatic carbocycles. The Kier molecular flexibility index (Phi) is 4.08. The highest BCUT2D eigenvalue weighted by Crippen LogP contribution is 2.29. The Morgan fingerprint density at radius 2 is 2.04 bits per heavy atom. The molecule has 0 saturated carbocycles. The normalized spacial score (nSPS) is 10.3. The number of aryl methyl sites for hydroxylation is 1. The van der Waals surface area contributed by atoms with E-state index in [-0.39, 0.29) is 0 Å². The Hall–Kier alpha value is -3.46. The maximum absolute atomic E-state index is 12.0. The van der Waals surface area contributed by atoms with Gasteiger partial charge in [-0.3, -0.25) is 0 Å². The summed E-state index contributed by atoms with van der Waals surface area (Å²) in [4.78, 5) is 12.0. The molecule has 0 radical (unpaired) electrons. The number of anilines is 1. The Balaban J connectivity index is 1.68. The average Bonchev–Trinajstić information content (AvgIpc) is 2.88. The zero-order valence-corrected chi connectivity index (χ0v) is 13.1. The van der Waals surface area contributed by atoms with Crippen LogP contribution in [0.1, 0.15) is 11.1 Å². The average molecular weight is 320 g/mol. The summed E-state index contributed by atoms with van der Waals surface area (Å²) in [5.41, 5.74) is 8.80. The predicted molar refractivity (Wildman–Crippen MR) is 91.4 cm³/mol. The van der Waals surface area contributed by atoms with Gasteiger partial charge in [0.1, 0.15) is 0 Å². The molecule has 24 heavy (non-hydrogen) atoms. The third-order valence-electron chi connectivity index (χ3n) is 3.70. The molecule has 0 unspecified atom stereocenters. The fourth-order valence-electron chi connectivity index (χ4n) is 2.46. The van der Waals surface area contributed by atoms with Gasteiger partial charge in [-0.05, 0) is 35.9 Å². The number of nitrogens with one attached hydrogen (secondary N) is 1. The Morgan fingerprint density at radius 3 is 2.75 bits per heavy atom. The van der Waals surface area contributed by atoms with E-state index in [0.717, 1.165) is 16.5 Å². The van der Waals surface area contributed by atoms with Crippen molar-refractivity contribution in [2.24, 2.45) is 7.05 Å². The highest BCUT2D eigenvalue weighted by Gasteiger charge is 2.12. The van der Waals surface area contributed by atoms with E-state index in [4.69, 9.17) is 15.7 Å². The number of amides is 1. The van der Waals surface area contributed by atoms with Gasteiger partial charge in [0.05, 0.1) is 17.1 Å². The minimum Gasteiger partial charge on any atom is -0.408 e. The van der Waals surface area contributed by atoms with Crippen LogP contribution in [0.25, 0.3) is 10.9 Å². The molecule has 0 aliphatic heterocycles. The predicted octanol–water partition coefficient (Wildman–Crippen LogP) is 2.92. The maximum atomic E-state index is 12.0. The van der Waals surface area contributed by atoms with E-state index in [1.54, 1.807) is 42.6 Å². The standard InChI is InChI=1S/C18H16N4O2/c1-22-11-17(15-8-14(20)6-7-16(15)22)24-18(23)21-10-13-4-2-12(9-19)3-5-13/h2-8,11H,10,20H2,1H3,(H,21,23). The molecule has 0 aliphatic rings. The van der Waals surface area contributed by atoms with Crippen molar-refractivity contribution in [3.8, 4) is 11.8 Å². The van der Waals surface area contributed by atoms with Crippen molar-refractivity contribution in [2.45, 2.75) is 6.54 Å². The molecule has 0 saturated heterocycles. The van der Waals surface area contributed by atoms with Gasteiger partial charge in [0.25, 0.3) is 0 Å². The zero-order chi connectivity index (χ0) is 17.1. The van der Waals surface area contributed by atoms with Crippen LogP contribution in [0.2, 0.25) is 0 Å². The lowest BCUT2D eigenvalue weighted by Gasteiger charge is -2.06. The third-order valence-corrected chi connectivity index (χ3v) is 3.70. The summed E-state index contributed by atoms with van der Waals surface area (Å²) in [5.74, 6) is 0.456. The number of nitriles is 1. The molecule has 0 atom stereocenters. The van der Waals surface area contributed by atoms with Crippen molar-refractivity contribution in [3.63, 3.8) is 0 Å². The number of aromatic nitrogens is 1. The largest absolute Gasteiger partial charge is 0.412 e. The van der Waals surface area contributed by atoms with Gasteiger partial charge < -0.3 is 20.4 Å². The highest BCUT2D eigenvalue weighted by atomic mass is 16.6. The second-order valence-corrected chi connectivity index (χ2v) is 5.43. The van der Waals surface area contributed by atoms with Crippen molar-refractivity contribution in [1.82, 2.24) is 9.88 Å². The summed E-state index contributed by atoms with van der Waals surface area (Å²) >= 11 is 0. The third kappa shape index (κ3) is 3.15. The lowest BCUT2D eigenvalue weighted by molar-refractivity contribution is 0.200. The molecule has 0 aliphatic carbocycles. The first-order valence-corrected chi connectivity index (χ1v) is 7.36. The van der Waals surface area contributed by atoms with E-state index < -0.39 is 6.09 Å². The Morgan fingerprint density at radius 1 is 1.29 bits per heavy atom. The van der Waals surface area contributed by atoms with E-state index in [9.17, 15) is 4.79 Å². The number of carbonyl (C=O) groups excluding carboxylic acids is 1. The number of hydrogen-bond acceptors (Lipinski definition) is 4. The maximum Gasteiger partial charge on any atom is 0.412 e. The second-order valence-electron chi connectivity index (χ2n) is 5.43. The first-order chi connectivity index (χ1) is 11.6. The van der Waals surface area contributed by atoms with Gasteiger partial charge >= 0.3 is 6.09 Å². The molecular weight excluding hydrogens is 304 g/mol. The first kappa shape index (κ1) is 15.4. The number of nitrogens with zero attached hydrogens (tertiary/aromatic N) is 2. The SMILES string of the molecule is Cn1cc(OC(=O)NCc2ccc(C#N)cc2)c2cc(N)ccc21. The molecule has 3 N–H and O–H groups in total. The lowest BCUT2D eigenvalue weighted by Crippen LogP contribution is -2.26. The van der Waals surface area contributed by atoms with Crippen LogP contribution < -0.4 is 15.8 Å². The van der Waals surface area contributed by atoms with Gasteiger partial charge in [0.15, 0.2) is 5.75 Å². The van der Waals surface area contributed by atoms with Gasteiger partial charge in [0.2, 0.25) is 0 Å². The molecule has 6 nitrogen and oxygen atoms in total. The topological polar surface area (TPSA) is 93.1 Å². The van der Waals surface area contributed by atoms with Crippen molar-refractivity contribution in [1.29, 1.82) is 5.26 Å². The summed E-state index contributed by atoms with van der Waals surface area (Å²) in [7, 11) is 1.88. The second kappa shape index (κ2) is 6.34. The molecule has 1 heterocycles. The van der Waals surface area contributed by atoms with E-state index in [0.29, 0.717) is 23.5 Å². The molecule has 0 spiro atoms. The Labute approximate surface area is 139 Å². The molecule has 1 amide bonds. The van der Waals surface area contributed by atoms with Crippen LogP contribution in [-0.2, 0) is 13.6 Å². The minimum atomic E-state index is -0.547. The van der Waals surface area contributed by atoms with E-state index in [1.165, 1.54) is 0 Å². The highest BCUT2D eigenvalue weighted by molar-refractivity contribution is 5.91. The number of rotatable bonds is 3. The first-order valence-electron chi connectivity index (χ1n) is 7.36. The van der Waals surface area contributed by atoms with Crippen LogP contribution in [0.4, 0.5) is 10.5 Å². The number of nitrogen functional groups attached to an aromatic ring is 1. The van der Waals surface area contributed by atoms with Gasteiger partial charge in [-0.2, -0.15) is 5.26 Å². The van der Waals surface area contributed by atoms with Crippen LogP contribution >= 0.6 is 0 Å². The monoisotopic (exact) mass is 320 g/mol. The Bertz CT molecular complexity index is 936.